The Morgan fingerprint density at radius 1 is 1.42 bits per heavy atom. The highest BCUT2D eigenvalue weighted by molar-refractivity contribution is 8.01. The zero-order chi connectivity index (χ0) is 14.0. The van der Waals surface area contributed by atoms with Gasteiger partial charge in [-0.25, -0.2) is 8.42 Å². The van der Waals surface area contributed by atoms with Crippen LogP contribution in [0.1, 0.15) is 26.2 Å². The Morgan fingerprint density at radius 3 is 2.74 bits per heavy atom. The molecule has 5 nitrogen and oxygen atoms in total. The van der Waals surface area contributed by atoms with Crippen molar-refractivity contribution in [3.8, 4) is 0 Å². The molecule has 2 fully saturated rings. The van der Waals surface area contributed by atoms with Gasteiger partial charge in [-0.15, -0.1) is 0 Å². The molecule has 2 aliphatic rings. The molecule has 110 valence electrons. The standard InChI is InChI=1S/C12H22N2O3S2/c1-2-19(16,17)11-8-18-7-6-14(11)12(15)9-4-3-5-10(9)13/h9-11H,2-8,13H2,1H3. The van der Waals surface area contributed by atoms with Crippen molar-refractivity contribution in [2.45, 2.75) is 37.6 Å². The third-order valence-corrected chi connectivity index (χ3v) is 7.36. The van der Waals surface area contributed by atoms with E-state index in [1.54, 1.807) is 23.6 Å². The Balaban J connectivity index is 2.18. The first-order chi connectivity index (χ1) is 8.97. The summed E-state index contributed by atoms with van der Waals surface area (Å²) in [7, 11) is -3.22. The molecule has 1 heterocycles. The molecule has 1 aliphatic carbocycles. The normalized spacial score (nSPS) is 32.5. The monoisotopic (exact) mass is 306 g/mol. The predicted molar refractivity (Wildman–Crippen MR) is 77.6 cm³/mol. The van der Waals surface area contributed by atoms with Crippen molar-refractivity contribution in [3.05, 3.63) is 0 Å². The van der Waals surface area contributed by atoms with Crippen LogP contribution in [0.4, 0.5) is 0 Å². The van der Waals surface area contributed by atoms with Gasteiger partial charge >= 0.3 is 0 Å². The SMILES string of the molecule is CCS(=O)(=O)C1CSCCN1C(=O)C1CCCC1N. The van der Waals surface area contributed by atoms with Crippen LogP contribution in [0.2, 0.25) is 0 Å². The van der Waals surface area contributed by atoms with Crippen LogP contribution in [0.15, 0.2) is 0 Å². The molecule has 0 aromatic rings. The van der Waals surface area contributed by atoms with E-state index in [1.807, 2.05) is 0 Å². The van der Waals surface area contributed by atoms with Crippen LogP contribution >= 0.6 is 11.8 Å². The topological polar surface area (TPSA) is 80.5 Å². The number of amides is 1. The molecule has 3 atom stereocenters. The minimum Gasteiger partial charge on any atom is -0.327 e. The quantitative estimate of drug-likeness (QED) is 0.819. The third kappa shape index (κ3) is 3.08. The first kappa shape index (κ1) is 15.1. The van der Waals surface area contributed by atoms with Gasteiger partial charge < -0.3 is 10.6 Å². The van der Waals surface area contributed by atoms with E-state index in [1.165, 1.54) is 0 Å². The largest absolute Gasteiger partial charge is 0.327 e. The summed E-state index contributed by atoms with van der Waals surface area (Å²) in [5.41, 5.74) is 5.97. The number of carbonyl (C=O) groups is 1. The lowest BCUT2D eigenvalue weighted by Crippen LogP contribution is -2.54. The van der Waals surface area contributed by atoms with E-state index in [2.05, 4.69) is 0 Å². The molecule has 3 unspecified atom stereocenters. The van der Waals surface area contributed by atoms with Crippen molar-refractivity contribution in [3.63, 3.8) is 0 Å². The molecule has 2 N–H and O–H groups in total. The molecule has 1 saturated heterocycles. The number of nitrogens with zero attached hydrogens (tertiary/aromatic N) is 1. The van der Waals surface area contributed by atoms with Gasteiger partial charge in [-0.2, -0.15) is 11.8 Å². The van der Waals surface area contributed by atoms with Crippen LogP contribution in [0, 0.1) is 5.92 Å². The lowest BCUT2D eigenvalue weighted by molar-refractivity contribution is -0.136. The summed E-state index contributed by atoms with van der Waals surface area (Å²) in [5, 5.41) is -0.656. The predicted octanol–water partition coefficient (Wildman–Crippen LogP) is 0.450. The first-order valence-electron chi connectivity index (χ1n) is 6.82. The minimum absolute atomic E-state index is 0.0488. The fraction of sp³-hybridized carbons (Fsp3) is 0.917. The molecule has 1 saturated carbocycles. The molecule has 1 amide bonds. The van der Waals surface area contributed by atoms with Crippen LogP contribution in [0.25, 0.3) is 0 Å². The number of thioether (sulfide) groups is 1. The van der Waals surface area contributed by atoms with Gasteiger partial charge in [0.15, 0.2) is 9.84 Å². The molecule has 0 radical (unpaired) electrons. The minimum atomic E-state index is -3.22. The van der Waals surface area contributed by atoms with Gasteiger partial charge in [-0.1, -0.05) is 13.3 Å². The Morgan fingerprint density at radius 2 is 2.16 bits per heavy atom. The molecule has 19 heavy (non-hydrogen) atoms. The molecular weight excluding hydrogens is 284 g/mol. The molecular formula is C12H22N2O3S2. The summed E-state index contributed by atoms with van der Waals surface area (Å²) >= 11 is 1.61. The zero-order valence-corrected chi connectivity index (χ0v) is 12.9. The summed E-state index contributed by atoms with van der Waals surface area (Å²) in [6.45, 7) is 2.16. The molecule has 1 aliphatic heterocycles. The van der Waals surface area contributed by atoms with Gasteiger partial charge in [0.1, 0.15) is 5.37 Å². The van der Waals surface area contributed by atoms with E-state index < -0.39 is 15.2 Å². The lowest BCUT2D eigenvalue weighted by Gasteiger charge is -2.36. The average Bonchev–Trinajstić information content (AvgIpc) is 2.84. The van der Waals surface area contributed by atoms with Crippen molar-refractivity contribution in [2.24, 2.45) is 11.7 Å². The second kappa shape index (κ2) is 6.01. The van der Waals surface area contributed by atoms with Crippen LogP contribution in [0.5, 0.6) is 0 Å². The fourth-order valence-electron chi connectivity index (χ4n) is 2.83. The summed E-state index contributed by atoms with van der Waals surface area (Å²) in [5.74, 6) is 1.15. The lowest BCUT2D eigenvalue weighted by atomic mass is 10.0. The van der Waals surface area contributed by atoms with E-state index in [0.717, 1.165) is 25.0 Å². The summed E-state index contributed by atoms with van der Waals surface area (Å²) in [6.07, 6.45) is 2.62. The van der Waals surface area contributed by atoms with Crippen LogP contribution in [-0.2, 0) is 14.6 Å². The highest BCUT2D eigenvalue weighted by Gasteiger charge is 2.41. The zero-order valence-electron chi connectivity index (χ0n) is 11.2. The van der Waals surface area contributed by atoms with Crippen molar-refractivity contribution in [1.82, 2.24) is 4.90 Å². The molecule has 0 spiro atoms. The summed E-state index contributed by atoms with van der Waals surface area (Å²) in [4.78, 5) is 14.1. The Bertz CT molecular complexity index is 438. The van der Waals surface area contributed by atoms with Gasteiger partial charge in [0.05, 0.1) is 5.92 Å². The van der Waals surface area contributed by atoms with Gasteiger partial charge in [0.25, 0.3) is 0 Å². The number of carbonyl (C=O) groups excluding carboxylic acids is 1. The van der Waals surface area contributed by atoms with Crippen molar-refractivity contribution < 1.29 is 13.2 Å². The van der Waals surface area contributed by atoms with Gasteiger partial charge in [-0.3, -0.25) is 4.79 Å². The maximum atomic E-state index is 12.6. The van der Waals surface area contributed by atoms with E-state index >= 15 is 0 Å². The molecule has 0 bridgehead atoms. The second-order valence-electron chi connectivity index (χ2n) is 5.21. The number of nitrogens with two attached hydrogens (primary N) is 1. The number of hydrogen-bond acceptors (Lipinski definition) is 5. The summed E-state index contributed by atoms with van der Waals surface area (Å²) in [6, 6.07) is -0.105. The highest BCUT2D eigenvalue weighted by atomic mass is 32.2. The average molecular weight is 306 g/mol. The van der Waals surface area contributed by atoms with E-state index in [0.29, 0.717) is 12.3 Å². The third-order valence-electron chi connectivity index (χ3n) is 4.07. The Hall–Kier alpha value is -0.270. The smallest absolute Gasteiger partial charge is 0.228 e. The highest BCUT2D eigenvalue weighted by Crippen LogP contribution is 2.29. The van der Waals surface area contributed by atoms with E-state index in [-0.39, 0.29) is 23.6 Å². The van der Waals surface area contributed by atoms with Crippen molar-refractivity contribution in [1.29, 1.82) is 0 Å². The number of rotatable bonds is 3. The van der Waals surface area contributed by atoms with E-state index in [4.69, 9.17) is 5.73 Å². The van der Waals surface area contributed by atoms with Crippen LogP contribution in [0.3, 0.4) is 0 Å². The second-order valence-corrected chi connectivity index (χ2v) is 8.81. The van der Waals surface area contributed by atoms with Crippen LogP contribution in [-0.4, -0.2) is 54.4 Å². The van der Waals surface area contributed by atoms with E-state index in [9.17, 15) is 13.2 Å². The first-order valence-corrected chi connectivity index (χ1v) is 9.69. The van der Waals surface area contributed by atoms with Crippen molar-refractivity contribution in [2.75, 3.05) is 23.8 Å². The fourth-order valence-corrected chi connectivity index (χ4v) is 5.81. The Kier molecular flexibility index (Phi) is 4.79. The molecule has 0 aromatic carbocycles. The number of sulfone groups is 1. The maximum absolute atomic E-state index is 12.6. The van der Waals surface area contributed by atoms with Crippen molar-refractivity contribution >= 4 is 27.5 Å². The molecule has 2 rings (SSSR count). The van der Waals surface area contributed by atoms with Gasteiger partial charge in [0.2, 0.25) is 5.91 Å². The Labute approximate surface area is 119 Å². The summed E-state index contributed by atoms with van der Waals surface area (Å²) < 4.78 is 24.3. The van der Waals surface area contributed by atoms with Gasteiger partial charge in [0, 0.05) is 29.8 Å². The van der Waals surface area contributed by atoms with Gasteiger partial charge in [-0.05, 0) is 12.8 Å². The maximum Gasteiger partial charge on any atom is 0.228 e. The molecule has 0 aromatic heterocycles. The number of hydrogen-bond donors (Lipinski definition) is 1. The molecule has 7 heteroatoms. The van der Waals surface area contributed by atoms with Crippen LogP contribution < -0.4 is 5.73 Å².